The van der Waals surface area contributed by atoms with Crippen LogP contribution in [0.5, 0.6) is 0 Å². The van der Waals surface area contributed by atoms with Crippen molar-refractivity contribution in [1.29, 1.82) is 0 Å². The molecule has 3 heteroatoms. The van der Waals surface area contributed by atoms with E-state index in [-0.39, 0.29) is 0 Å². The summed E-state index contributed by atoms with van der Waals surface area (Å²) < 4.78 is 0.954. The molecule has 1 saturated carbocycles. The van der Waals surface area contributed by atoms with Crippen molar-refractivity contribution in [2.45, 2.75) is 46.5 Å². The van der Waals surface area contributed by atoms with E-state index in [1.807, 2.05) is 12.1 Å². The fourth-order valence-corrected chi connectivity index (χ4v) is 3.53. The second-order valence-corrected chi connectivity index (χ2v) is 8.36. The summed E-state index contributed by atoms with van der Waals surface area (Å²) in [6, 6.07) is 6.07. The first-order valence-electron chi connectivity index (χ1n) is 7.55. The summed E-state index contributed by atoms with van der Waals surface area (Å²) in [5, 5.41) is 4.30. The van der Waals surface area contributed by atoms with Gasteiger partial charge < -0.3 is 5.32 Å². The van der Waals surface area contributed by atoms with Crippen molar-refractivity contribution in [2.75, 3.05) is 11.9 Å². The van der Waals surface area contributed by atoms with Crippen molar-refractivity contribution in [1.82, 2.24) is 0 Å². The zero-order chi connectivity index (χ0) is 14.8. The van der Waals surface area contributed by atoms with Crippen LogP contribution in [0.25, 0.3) is 0 Å². The van der Waals surface area contributed by atoms with Gasteiger partial charge in [0.15, 0.2) is 0 Å². The Balaban J connectivity index is 1.80. The van der Waals surface area contributed by atoms with Gasteiger partial charge in [-0.1, -0.05) is 32.4 Å². The standard InChI is InChI=1S/C17H25BrClN/c1-17(2,3)13-6-4-12(5-7-13)11-20-14-8-9-15(18)16(19)10-14/h8-10,12-13,20H,4-7,11H2,1-3H3. The lowest BCUT2D eigenvalue weighted by molar-refractivity contribution is 0.153. The van der Waals surface area contributed by atoms with Crippen LogP contribution < -0.4 is 5.32 Å². The fourth-order valence-electron chi connectivity index (χ4n) is 3.10. The second kappa shape index (κ2) is 6.70. The Kier molecular flexibility index (Phi) is 5.42. The van der Waals surface area contributed by atoms with E-state index in [4.69, 9.17) is 11.6 Å². The van der Waals surface area contributed by atoms with Crippen LogP contribution in [-0.2, 0) is 0 Å². The van der Waals surface area contributed by atoms with Crippen LogP contribution >= 0.6 is 27.5 Å². The largest absolute Gasteiger partial charge is 0.385 e. The molecule has 0 spiro atoms. The molecular formula is C17H25BrClN. The van der Waals surface area contributed by atoms with E-state index in [1.165, 1.54) is 25.7 Å². The van der Waals surface area contributed by atoms with E-state index in [1.54, 1.807) is 0 Å². The van der Waals surface area contributed by atoms with E-state index < -0.39 is 0 Å². The number of rotatable bonds is 3. The van der Waals surface area contributed by atoms with E-state index in [9.17, 15) is 0 Å². The molecule has 1 fully saturated rings. The highest BCUT2D eigenvalue weighted by Crippen LogP contribution is 2.39. The van der Waals surface area contributed by atoms with Crippen molar-refractivity contribution in [3.8, 4) is 0 Å². The third-order valence-corrected chi connectivity index (χ3v) is 5.82. The Morgan fingerprint density at radius 2 is 1.85 bits per heavy atom. The number of halogens is 2. The summed E-state index contributed by atoms with van der Waals surface area (Å²) >= 11 is 9.54. The van der Waals surface area contributed by atoms with Gasteiger partial charge in [0.25, 0.3) is 0 Å². The lowest BCUT2D eigenvalue weighted by Crippen LogP contribution is -2.28. The number of hydrogen-bond acceptors (Lipinski definition) is 1. The monoisotopic (exact) mass is 357 g/mol. The molecule has 0 amide bonds. The molecule has 1 aliphatic carbocycles. The molecule has 0 unspecified atom stereocenters. The minimum atomic E-state index is 0.470. The molecule has 0 heterocycles. The second-order valence-electron chi connectivity index (χ2n) is 7.09. The SMILES string of the molecule is CC(C)(C)C1CCC(CNc2ccc(Br)c(Cl)c2)CC1. The molecule has 2 rings (SSSR count). The first kappa shape index (κ1) is 16.2. The maximum Gasteiger partial charge on any atom is 0.0568 e. The summed E-state index contributed by atoms with van der Waals surface area (Å²) in [6.45, 7) is 8.19. The molecular weight excluding hydrogens is 334 g/mol. The fraction of sp³-hybridized carbons (Fsp3) is 0.647. The summed E-state index contributed by atoms with van der Waals surface area (Å²) in [5.74, 6) is 1.69. The lowest BCUT2D eigenvalue weighted by atomic mass is 9.70. The molecule has 20 heavy (non-hydrogen) atoms. The van der Waals surface area contributed by atoms with Crippen LogP contribution in [0.2, 0.25) is 5.02 Å². The molecule has 0 bridgehead atoms. The van der Waals surface area contributed by atoms with E-state index in [0.29, 0.717) is 5.41 Å². The molecule has 112 valence electrons. The normalized spacial score (nSPS) is 23.6. The predicted octanol–water partition coefficient (Wildman–Crippen LogP) is 6.37. The quantitative estimate of drug-likeness (QED) is 0.662. The van der Waals surface area contributed by atoms with Crippen LogP contribution in [0, 0.1) is 17.3 Å². The van der Waals surface area contributed by atoms with Crippen molar-refractivity contribution < 1.29 is 0 Å². The maximum absolute atomic E-state index is 6.12. The Morgan fingerprint density at radius 1 is 1.20 bits per heavy atom. The minimum absolute atomic E-state index is 0.470. The molecule has 0 aliphatic heterocycles. The van der Waals surface area contributed by atoms with Crippen LogP contribution in [-0.4, -0.2) is 6.54 Å². The Morgan fingerprint density at radius 3 is 2.40 bits per heavy atom. The topological polar surface area (TPSA) is 12.0 Å². The van der Waals surface area contributed by atoms with Crippen molar-refractivity contribution in [3.63, 3.8) is 0 Å². The van der Waals surface area contributed by atoms with Gasteiger partial charge in [-0.25, -0.2) is 0 Å². The molecule has 1 aromatic rings. The summed E-state index contributed by atoms with van der Waals surface area (Å²) in [5.41, 5.74) is 1.59. The molecule has 1 aliphatic rings. The average Bonchev–Trinajstić information content (AvgIpc) is 2.40. The smallest absolute Gasteiger partial charge is 0.0568 e. The highest BCUT2D eigenvalue weighted by atomic mass is 79.9. The van der Waals surface area contributed by atoms with Crippen LogP contribution in [0.15, 0.2) is 22.7 Å². The number of hydrogen-bond donors (Lipinski definition) is 1. The highest BCUT2D eigenvalue weighted by Gasteiger charge is 2.29. The lowest BCUT2D eigenvalue weighted by Gasteiger charge is -2.37. The minimum Gasteiger partial charge on any atom is -0.385 e. The Hall–Kier alpha value is -0.210. The first-order chi connectivity index (χ1) is 9.36. The van der Waals surface area contributed by atoms with Gasteiger partial charge in [0, 0.05) is 16.7 Å². The van der Waals surface area contributed by atoms with E-state index in [0.717, 1.165) is 33.6 Å². The van der Waals surface area contributed by atoms with Gasteiger partial charge in [0.2, 0.25) is 0 Å². The molecule has 0 aromatic heterocycles. The summed E-state index contributed by atoms with van der Waals surface area (Å²) in [4.78, 5) is 0. The summed E-state index contributed by atoms with van der Waals surface area (Å²) in [6.07, 6.45) is 5.44. The molecule has 0 radical (unpaired) electrons. The Labute approximate surface area is 136 Å². The van der Waals surface area contributed by atoms with E-state index in [2.05, 4.69) is 48.1 Å². The van der Waals surface area contributed by atoms with Crippen LogP contribution in [0.3, 0.4) is 0 Å². The highest BCUT2D eigenvalue weighted by molar-refractivity contribution is 9.10. The molecule has 1 N–H and O–H groups in total. The number of benzene rings is 1. The van der Waals surface area contributed by atoms with E-state index >= 15 is 0 Å². The number of anilines is 1. The van der Waals surface area contributed by atoms with Gasteiger partial charge in [-0.15, -0.1) is 0 Å². The third kappa shape index (κ3) is 4.39. The van der Waals surface area contributed by atoms with Crippen molar-refractivity contribution >= 4 is 33.2 Å². The molecule has 0 atom stereocenters. The van der Waals surface area contributed by atoms with Crippen molar-refractivity contribution in [3.05, 3.63) is 27.7 Å². The first-order valence-corrected chi connectivity index (χ1v) is 8.72. The average molecular weight is 359 g/mol. The Bertz CT molecular complexity index is 445. The number of nitrogens with one attached hydrogen (secondary N) is 1. The summed E-state index contributed by atoms with van der Waals surface area (Å²) in [7, 11) is 0. The molecule has 0 saturated heterocycles. The zero-order valence-electron chi connectivity index (χ0n) is 12.7. The molecule has 1 nitrogen and oxygen atoms in total. The third-order valence-electron chi connectivity index (χ3n) is 4.59. The van der Waals surface area contributed by atoms with Gasteiger partial charge in [-0.2, -0.15) is 0 Å². The van der Waals surface area contributed by atoms with Gasteiger partial charge in [-0.05, 0) is 77.1 Å². The van der Waals surface area contributed by atoms with Gasteiger partial charge in [0.1, 0.15) is 0 Å². The maximum atomic E-state index is 6.12. The zero-order valence-corrected chi connectivity index (χ0v) is 15.0. The van der Waals surface area contributed by atoms with Gasteiger partial charge >= 0.3 is 0 Å². The van der Waals surface area contributed by atoms with Gasteiger partial charge in [-0.3, -0.25) is 0 Å². The van der Waals surface area contributed by atoms with Crippen molar-refractivity contribution in [2.24, 2.45) is 17.3 Å². The van der Waals surface area contributed by atoms with Crippen LogP contribution in [0.4, 0.5) is 5.69 Å². The predicted molar refractivity (Wildman–Crippen MR) is 92.5 cm³/mol. The van der Waals surface area contributed by atoms with Crippen LogP contribution in [0.1, 0.15) is 46.5 Å². The van der Waals surface area contributed by atoms with Gasteiger partial charge in [0.05, 0.1) is 5.02 Å². The molecule has 1 aromatic carbocycles.